The molecule has 0 bridgehead atoms. The van der Waals surface area contributed by atoms with Gasteiger partial charge < -0.3 is 5.32 Å². The average molecular weight is 376 g/mol. The molecule has 0 spiro atoms. The second kappa shape index (κ2) is 9.94. The van der Waals surface area contributed by atoms with Gasteiger partial charge in [0, 0.05) is 29.0 Å². The maximum Gasteiger partial charge on any atom is 0.0346 e. The highest BCUT2D eigenvalue weighted by Crippen LogP contribution is 2.23. The zero-order chi connectivity index (χ0) is 12.8. The number of rotatable bonds is 4. The quantitative estimate of drug-likeness (QED) is 0.859. The van der Waals surface area contributed by atoms with E-state index in [-0.39, 0.29) is 24.8 Å². The number of aromatic nitrogens is 1. The molecule has 20 heavy (non-hydrogen) atoms. The van der Waals surface area contributed by atoms with Gasteiger partial charge in [-0.1, -0.05) is 40.2 Å². The molecular formula is C15H17BrCl2N2. The molecule has 0 aliphatic heterocycles. The van der Waals surface area contributed by atoms with Crippen LogP contribution >= 0.6 is 40.7 Å². The Balaban J connectivity index is 0.00000180. The van der Waals surface area contributed by atoms with Crippen LogP contribution in [0.2, 0.25) is 0 Å². The highest BCUT2D eigenvalue weighted by Gasteiger charge is 2.04. The number of hydrogen-bond donors (Lipinski definition) is 1. The van der Waals surface area contributed by atoms with Crippen LogP contribution in [-0.2, 0) is 0 Å². The Morgan fingerprint density at radius 3 is 2.40 bits per heavy atom. The molecule has 0 unspecified atom stereocenters. The first kappa shape index (κ1) is 19.1. The lowest BCUT2D eigenvalue weighted by atomic mass is 9.99. The minimum absolute atomic E-state index is 0. The lowest BCUT2D eigenvalue weighted by Gasteiger charge is -2.08. The molecule has 1 aromatic carbocycles. The molecule has 0 radical (unpaired) electrons. The van der Waals surface area contributed by atoms with Gasteiger partial charge in [-0.25, -0.2) is 0 Å². The molecule has 0 aliphatic rings. The largest absolute Gasteiger partial charge is 0.316 e. The molecule has 1 N–H and O–H groups in total. The maximum absolute atomic E-state index is 4.19. The third-order valence-corrected chi connectivity index (χ3v) is 3.17. The second-order valence-electron chi connectivity index (χ2n) is 3.92. The summed E-state index contributed by atoms with van der Waals surface area (Å²) in [6, 6.07) is 12.4. The number of nitrogens with zero attached hydrogens (tertiary/aromatic N) is 1. The average Bonchev–Trinajstić information content (AvgIpc) is 2.42. The van der Waals surface area contributed by atoms with E-state index in [1.54, 1.807) is 6.20 Å². The fraction of sp³-hybridized carbons (Fsp3) is 0.133. The van der Waals surface area contributed by atoms with Gasteiger partial charge in [0.2, 0.25) is 0 Å². The topological polar surface area (TPSA) is 24.9 Å². The SMILES string of the molecule is CNC/C=C(/c1ccc(Br)cc1)c1cccnc1.Cl.Cl. The standard InChI is InChI=1S/C15H15BrN2.2ClH/c1-17-10-8-15(13-3-2-9-18-11-13)12-4-6-14(16)7-5-12;;/h2-9,11,17H,10H2,1H3;2*1H/b15-8-;;. The molecule has 2 aromatic rings. The van der Waals surface area contributed by atoms with E-state index in [9.17, 15) is 0 Å². The highest BCUT2D eigenvalue weighted by molar-refractivity contribution is 9.10. The predicted molar refractivity (Wildman–Crippen MR) is 93.9 cm³/mol. The van der Waals surface area contributed by atoms with Gasteiger partial charge in [-0.05, 0) is 36.4 Å². The van der Waals surface area contributed by atoms with Crippen molar-refractivity contribution in [2.24, 2.45) is 0 Å². The Bertz CT molecular complexity index is 527. The molecule has 0 saturated carbocycles. The van der Waals surface area contributed by atoms with Gasteiger partial charge in [0.1, 0.15) is 0 Å². The van der Waals surface area contributed by atoms with Gasteiger partial charge >= 0.3 is 0 Å². The molecule has 1 heterocycles. The summed E-state index contributed by atoms with van der Waals surface area (Å²) in [7, 11) is 1.94. The smallest absolute Gasteiger partial charge is 0.0346 e. The Hall–Kier alpha value is -0.870. The minimum Gasteiger partial charge on any atom is -0.316 e. The van der Waals surface area contributed by atoms with E-state index in [2.05, 4.69) is 62.6 Å². The second-order valence-corrected chi connectivity index (χ2v) is 4.84. The first-order valence-corrected chi connectivity index (χ1v) is 6.61. The van der Waals surface area contributed by atoms with Crippen molar-refractivity contribution in [2.75, 3.05) is 13.6 Å². The molecule has 2 rings (SSSR count). The summed E-state index contributed by atoms with van der Waals surface area (Å²) >= 11 is 3.46. The molecule has 2 nitrogen and oxygen atoms in total. The van der Waals surface area contributed by atoms with E-state index in [0.717, 1.165) is 16.6 Å². The van der Waals surface area contributed by atoms with Gasteiger partial charge in [-0.2, -0.15) is 0 Å². The third-order valence-electron chi connectivity index (χ3n) is 2.64. The van der Waals surface area contributed by atoms with Crippen LogP contribution in [0.4, 0.5) is 0 Å². The lowest BCUT2D eigenvalue weighted by molar-refractivity contribution is 0.920. The molecular weight excluding hydrogens is 359 g/mol. The fourth-order valence-electron chi connectivity index (χ4n) is 1.76. The summed E-state index contributed by atoms with van der Waals surface area (Å²) < 4.78 is 1.09. The van der Waals surface area contributed by atoms with Crippen LogP contribution in [0.5, 0.6) is 0 Å². The molecule has 1 aromatic heterocycles. The summed E-state index contributed by atoms with van der Waals surface area (Å²) in [5.74, 6) is 0. The summed E-state index contributed by atoms with van der Waals surface area (Å²) in [4.78, 5) is 4.19. The van der Waals surface area contributed by atoms with E-state index in [0.29, 0.717) is 0 Å². The number of likely N-dealkylation sites (N-methyl/N-ethyl adjacent to an activating group) is 1. The highest BCUT2D eigenvalue weighted by atomic mass is 79.9. The lowest BCUT2D eigenvalue weighted by Crippen LogP contribution is -2.05. The summed E-state index contributed by atoms with van der Waals surface area (Å²) in [6.45, 7) is 0.834. The van der Waals surface area contributed by atoms with Crippen molar-refractivity contribution >= 4 is 46.3 Å². The van der Waals surface area contributed by atoms with Crippen molar-refractivity contribution in [2.45, 2.75) is 0 Å². The van der Waals surface area contributed by atoms with Crippen molar-refractivity contribution in [3.05, 3.63) is 70.5 Å². The number of pyridine rings is 1. The third kappa shape index (κ3) is 5.25. The van der Waals surface area contributed by atoms with Crippen molar-refractivity contribution in [1.29, 1.82) is 0 Å². The van der Waals surface area contributed by atoms with Gasteiger partial charge in [0.25, 0.3) is 0 Å². The Morgan fingerprint density at radius 1 is 1.15 bits per heavy atom. The van der Waals surface area contributed by atoms with Crippen LogP contribution in [0, 0.1) is 0 Å². The van der Waals surface area contributed by atoms with Crippen LogP contribution in [0.3, 0.4) is 0 Å². The summed E-state index contributed by atoms with van der Waals surface area (Å²) in [6.07, 6.45) is 5.87. The summed E-state index contributed by atoms with van der Waals surface area (Å²) in [5.41, 5.74) is 3.53. The van der Waals surface area contributed by atoms with E-state index in [1.807, 2.05) is 19.3 Å². The molecule has 0 aliphatic carbocycles. The van der Waals surface area contributed by atoms with Crippen molar-refractivity contribution < 1.29 is 0 Å². The Kier molecular flexibility index (Phi) is 9.51. The van der Waals surface area contributed by atoms with E-state index < -0.39 is 0 Å². The molecule has 0 fully saturated rings. The minimum atomic E-state index is 0. The van der Waals surface area contributed by atoms with Crippen LogP contribution < -0.4 is 5.32 Å². The van der Waals surface area contributed by atoms with Crippen molar-refractivity contribution in [1.82, 2.24) is 10.3 Å². The zero-order valence-corrected chi connectivity index (χ0v) is 14.3. The predicted octanol–water partition coefficient (Wildman–Crippen LogP) is 4.34. The molecule has 5 heteroatoms. The Labute approximate surface area is 140 Å². The normalized spacial score (nSPS) is 10.4. The van der Waals surface area contributed by atoms with Gasteiger partial charge in [-0.15, -0.1) is 24.8 Å². The number of hydrogen-bond acceptors (Lipinski definition) is 2. The van der Waals surface area contributed by atoms with Crippen LogP contribution in [0.15, 0.2) is 59.3 Å². The first-order valence-electron chi connectivity index (χ1n) is 5.82. The monoisotopic (exact) mass is 374 g/mol. The van der Waals surface area contributed by atoms with Crippen molar-refractivity contribution in [3.8, 4) is 0 Å². The van der Waals surface area contributed by atoms with E-state index in [1.165, 1.54) is 11.1 Å². The number of benzene rings is 1. The van der Waals surface area contributed by atoms with Crippen molar-refractivity contribution in [3.63, 3.8) is 0 Å². The number of nitrogens with one attached hydrogen (secondary N) is 1. The van der Waals surface area contributed by atoms with Crippen LogP contribution in [0.1, 0.15) is 11.1 Å². The van der Waals surface area contributed by atoms with Gasteiger partial charge in [0.05, 0.1) is 0 Å². The maximum atomic E-state index is 4.19. The fourth-order valence-corrected chi connectivity index (χ4v) is 2.02. The molecule has 108 valence electrons. The molecule has 0 amide bonds. The van der Waals surface area contributed by atoms with Crippen LogP contribution in [-0.4, -0.2) is 18.6 Å². The van der Waals surface area contributed by atoms with E-state index >= 15 is 0 Å². The Morgan fingerprint density at radius 2 is 1.85 bits per heavy atom. The van der Waals surface area contributed by atoms with Gasteiger partial charge in [-0.3, -0.25) is 4.98 Å². The zero-order valence-electron chi connectivity index (χ0n) is 11.0. The molecule has 0 saturated heterocycles. The summed E-state index contributed by atoms with van der Waals surface area (Å²) in [5, 5.41) is 3.14. The molecule has 0 atom stereocenters. The van der Waals surface area contributed by atoms with Gasteiger partial charge in [0.15, 0.2) is 0 Å². The first-order chi connectivity index (χ1) is 8.81. The van der Waals surface area contributed by atoms with Crippen LogP contribution in [0.25, 0.3) is 5.57 Å². The van der Waals surface area contributed by atoms with E-state index in [4.69, 9.17) is 0 Å². The number of halogens is 3.